The minimum atomic E-state index is -0.383. The van der Waals surface area contributed by atoms with Crippen molar-refractivity contribution >= 4 is 23.2 Å². The minimum Gasteiger partial charge on any atom is -0.320 e. The van der Waals surface area contributed by atoms with Gasteiger partial charge in [0.2, 0.25) is 0 Å². The van der Waals surface area contributed by atoms with E-state index in [9.17, 15) is 9.18 Å². The summed E-state index contributed by atoms with van der Waals surface area (Å²) in [6.07, 6.45) is 0. The topological polar surface area (TPSA) is 59.8 Å². The number of hydrogen-bond donors (Lipinski definition) is 1. The molecule has 0 radical (unpaired) electrons. The van der Waals surface area contributed by atoms with E-state index in [1.54, 1.807) is 37.3 Å². The summed E-state index contributed by atoms with van der Waals surface area (Å²) in [5, 5.41) is 11.3. The Balaban J connectivity index is 1.89. The molecule has 1 heterocycles. The molecule has 0 fully saturated rings. The first-order valence-corrected chi connectivity index (χ1v) is 7.60. The molecule has 5 nitrogen and oxygen atoms in total. The Hall–Kier alpha value is -2.73. The molecule has 0 unspecified atom stereocenters. The molecule has 1 amide bonds. The molecule has 0 aliphatic rings. The van der Waals surface area contributed by atoms with Gasteiger partial charge in [0.15, 0.2) is 5.69 Å². The van der Waals surface area contributed by atoms with Gasteiger partial charge in [-0.15, -0.1) is 5.10 Å². The molecule has 0 saturated carbocycles. The van der Waals surface area contributed by atoms with E-state index in [4.69, 9.17) is 11.6 Å². The summed E-state index contributed by atoms with van der Waals surface area (Å²) in [6, 6.07) is 11.1. The zero-order chi connectivity index (χ0) is 17.3. The second-order valence-corrected chi connectivity index (χ2v) is 5.69. The first-order chi connectivity index (χ1) is 11.5. The van der Waals surface area contributed by atoms with E-state index in [1.807, 2.05) is 6.92 Å². The van der Waals surface area contributed by atoms with Gasteiger partial charge in [0.25, 0.3) is 5.91 Å². The average molecular weight is 345 g/mol. The molecule has 0 spiro atoms. The van der Waals surface area contributed by atoms with E-state index in [0.717, 1.165) is 5.56 Å². The van der Waals surface area contributed by atoms with Gasteiger partial charge >= 0.3 is 0 Å². The van der Waals surface area contributed by atoms with Crippen LogP contribution in [0.3, 0.4) is 0 Å². The van der Waals surface area contributed by atoms with E-state index in [-0.39, 0.29) is 17.4 Å². The Morgan fingerprint density at radius 2 is 1.88 bits per heavy atom. The number of hydrogen-bond acceptors (Lipinski definition) is 3. The van der Waals surface area contributed by atoms with Gasteiger partial charge in [0.05, 0.1) is 11.4 Å². The molecule has 2 aromatic carbocycles. The second kappa shape index (κ2) is 6.41. The first-order valence-electron chi connectivity index (χ1n) is 7.22. The van der Waals surface area contributed by atoms with Crippen molar-refractivity contribution in [2.45, 2.75) is 13.8 Å². The Morgan fingerprint density at radius 1 is 1.17 bits per heavy atom. The van der Waals surface area contributed by atoms with E-state index in [1.165, 1.54) is 16.8 Å². The lowest BCUT2D eigenvalue weighted by Gasteiger charge is -2.08. The molecule has 7 heteroatoms. The van der Waals surface area contributed by atoms with E-state index >= 15 is 0 Å². The van der Waals surface area contributed by atoms with Crippen LogP contribution < -0.4 is 5.32 Å². The van der Waals surface area contributed by atoms with Crippen molar-refractivity contribution in [3.63, 3.8) is 0 Å². The molecule has 24 heavy (non-hydrogen) atoms. The van der Waals surface area contributed by atoms with Crippen LogP contribution in [0.2, 0.25) is 5.02 Å². The fourth-order valence-electron chi connectivity index (χ4n) is 2.29. The van der Waals surface area contributed by atoms with Gasteiger partial charge < -0.3 is 5.32 Å². The third kappa shape index (κ3) is 3.00. The van der Waals surface area contributed by atoms with Crippen LogP contribution in [-0.2, 0) is 0 Å². The number of aromatic nitrogens is 3. The monoisotopic (exact) mass is 344 g/mol. The summed E-state index contributed by atoms with van der Waals surface area (Å²) in [5.41, 5.74) is 2.76. The molecule has 1 N–H and O–H groups in total. The zero-order valence-corrected chi connectivity index (χ0v) is 13.8. The number of carbonyl (C=O) groups is 1. The minimum absolute atomic E-state index is 0.193. The lowest BCUT2D eigenvalue weighted by molar-refractivity contribution is 0.102. The molecule has 0 bridgehead atoms. The largest absolute Gasteiger partial charge is 0.320 e. The van der Waals surface area contributed by atoms with E-state index in [0.29, 0.717) is 22.1 Å². The molecule has 1 aromatic heterocycles. The number of halogens is 2. The number of nitrogens with zero attached hydrogens (tertiary/aromatic N) is 3. The maximum absolute atomic E-state index is 13.0. The maximum atomic E-state index is 13.0. The van der Waals surface area contributed by atoms with Crippen molar-refractivity contribution in [1.29, 1.82) is 0 Å². The molecule has 122 valence electrons. The number of amides is 1. The van der Waals surface area contributed by atoms with Crippen LogP contribution in [0.5, 0.6) is 0 Å². The van der Waals surface area contributed by atoms with Crippen molar-refractivity contribution in [1.82, 2.24) is 15.0 Å². The summed E-state index contributed by atoms with van der Waals surface area (Å²) < 4.78 is 14.5. The molecule has 3 rings (SSSR count). The number of benzene rings is 2. The highest BCUT2D eigenvalue weighted by molar-refractivity contribution is 6.31. The summed E-state index contributed by atoms with van der Waals surface area (Å²) >= 11 is 6.06. The predicted octanol–water partition coefficient (Wildman–Crippen LogP) is 3.93. The molecule has 0 atom stereocenters. The summed E-state index contributed by atoms with van der Waals surface area (Å²) in [6.45, 7) is 3.54. The quantitative estimate of drug-likeness (QED) is 0.783. The highest BCUT2D eigenvalue weighted by Gasteiger charge is 2.18. The van der Waals surface area contributed by atoms with Crippen LogP contribution in [0.1, 0.15) is 21.7 Å². The third-order valence-corrected chi connectivity index (χ3v) is 4.11. The fourth-order valence-corrected chi connectivity index (χ4v) is 2.47. The lowest BCUT2D eigenvalue weighted by atomic mass is 10.2. The predicted molar refractivity (Wildman–Crippen MR) is 90.2 cm³/mol. The van der Waals surface area contributed by atoms with Gasteiger partial charge in [-0.1, -0.05) is 22.9 Å². The normalized spacial score (nSPS) is 10.7. The van der Waals surface area contributed by atoms with Crippen molar-refractivity contribution in [3.8, 4) is 5.69 Å². The fraction of sp³-hybridized carbons (Fsp3) is 0.118. The standard InChI is InChI=1S/C17H14ClFN4O/c1-10-14(18)4-3-5-15(10)20-17(24)16-11(2)23(22-21-16)13-8-6-12(19)7-9-13/h3-9H,1-2H3,(H,20,24). The Labute approximate surface area is 143 Å². The van der Waals surface area contributed by atoms with Gasteiger partial charge in [0.1, 0.15) is 5.82 Å². The number of rotatable bonds is 3. The summed E-state index contributed by atoms with van der Waals surface area (Å²) in [7, 11) is 0. The highest BCUT2D eigenvalue weighted by atomic mass is 35.5. The number of carbonyl (C=O) groups excluding carboxylic acids is 1. The second-order valence-electron chi connectivity index (χ2n) is 5.28. The Morgan fingerprint density at radius 3 is 2.58 bits per heavy atom. The van der Waals surface area contributed by atoms with Crippen LogP contribution in [-0.4, -0.2) is 20.9 Å². The van der Waals surface area contributed by atoms with Gasteiger partial charge in [-0.2, -0.15) is 0 Å². The van der Waals surface area contributed by atoms with Gasteiger partial charge in [-0.25, -0.2) is 9.07 Å². The Bertz CT molecular complexity index is 905. The van der Waals surface area contributed by atoms with Crippen molar-refractivity contribution in [3.05, 3.63) is 70.3 Å². The molecule has 0 aliphatic heterocycles. The maximum Gasteiger partial charge on any atom is 0.278 e. The van der Waals surface area contributed by atoms with Crippen LogP contribution in [0.4, 0.5) is 10.1 Å². The van der Waals surface area contributed by atoms with Gasteiger partial charge in [0, 0.05) is 10.7 Å². The number of anilines is 1. The van der Waals surface area contributed by atoms with Crippen molar-refractivity contribution in [2.24, 2.45) is 0 Å². The molecular formula is C17H14ClFN4O. The molecule has 0 aliphatic carbocycles. The highest BCUT2D eigenvalue weighted by Crippen LogP contribution is 2.23. The zero-order valence-electron chi connectivity index (χ0n) is 13.0. The van der Waals surface area contributed by atoms with Crippen LogP contribution >= 0.6 is 11.6 Å². The Kier molecular flexibility index (Phi) is 4.31. The van der Waals surface area contributed by atoms with Crippen molar-refractivity contribution < 1.29 is 9.18 Å². The van der Waals surface area contributed by atoms with Crippen molar-refractivity contribution in [2.75, 3.05) is 5.32 Å². The average Bonchev–Trinajstić information content (AvgIpc) is 2.94. The van der Waals surface area contributed by atoms with E-state index in [2.05, 4.69) is 15.6 Å². The molecule has 3 aromatic rings. The van der Waals surface area contributed by atoms with Gasteiger partial charge in [-0.05, 0) is 55.8 Å². The first kappa shape index (κ1) is 16.1. The summed E-state index contributed by atoms with van der Waals surface area (Å²) in [4.78, 5) is 12.5. The summed E-state index contributed by atoms with van der Waals surface area (Å²) in [5.74, 6) is -0.725. The lowest BCUT2D eigenvalue weighted by Crippen LogP contribution is -2.15. The smallest absolute Gasteiger partial charge is 0.278 e. The third-order valence-electron chi connectivity index (χ3n) is 3.70. The molecular weight excluding hydrogens is 331 g/mol. The van der Waals surface area contributed by atoms with Crippen LogP contribution in [0.15, 0.2) is 42.5 Å². The van der Waals surface area contributed by atoms with Gasteiger partial charge in [-0.3, -0.25) is 4.79 Å². The SMILES string of the molecule is Cc1c(Cl)cccc1NC(=O)c1nnn(-c2ccc(F)cc2)c1C. The van der Waals surface area contributed by atoms with Crippen LogP contribution in [0, 0.1) is 19.7 Å². The number of nitrogens with one attached hydrogen (secondary N) is 1. The molecule has 0 saturated heterocycles. The van der Waals surface area contributed by atoms with E-state index < -0.39 is 0 Å². The van der Waals surface area contributed by atoms with Crippen LogP contribution in [0.25, 0.3) is 5.69 Å².